The number of carbonyl (C=O) groups is 1. The quantitative estimate of drug-likeness (QED) is 0.870. The maximum absolute atomic E-state index is 12.4. The zero-order chi connectivity index (χ0) is 16.7. The summed E-state index contributed by atoms with van der Waals surface area (Å²) in [7, 11) is 0. The van der Waals surface area contributed by atoms with E-state index in [1.807, 2.05) is 13.8 Å². The lowest BCUT2D eigenvalue weighted by Gasteiger charge is -2.34. The Morgan fingerprint density at radius 1 is 1.39 bits per heavy atom. The summed E-state index contributed by atoms with van der Waals surface area (Å²) in [5.74, 6) is 0.613. The lowest BCUT2D eigenvalue weighted by atomic mass is 10.2. The van der Waals surface area contributed by atoms with Crippen LogP contribution in [0.4, 0.5) is 0 Å². The molecule has 7 heteroatoms. The van der Waals surface area contributed by atoms with Crippen molar-refractivity contribution in [2.45, 2.75) is 46.4 Å². The third-order valence-corrected chi connectivity index (χ3v) is 5.32. The van der Waals surface area contributed by atoms with Crippen LogP contribution in [0.2, 0.25) is 0 Å². The molecule has 1 saturated heterocycles. The SMILES string of the molecule is CC(=O)c1sc2nc(CN3CC(C)OC(C)C3)[nH]c(=O)c2c1C. The predicted molar refractivity (Wildman–Crippen MR) is 90.3 cm³/mol. The normalized spacial score (nSPS) is 22.6. The number of fused-ring (bicyclic) bond motifs is 1. The summed E-state index contributed by atoms with van der Waals surface area (Å²) < 4.78 is 5.72. The van der Waals surface area contributed by atoms with Crippen LogP contribution in [-0.4, -0.2) is 45.9 Å². The van der Waals surface area contributed by atoms with Crippen molar-refractivity contribution >= 4 is 27.3 Å². The van der Waals surface area contributed by atoms with E-state index >= 15 is 0 Å². The number of thiophene rings is 1. The van der Waals surface area contributed by atoms with Crippen molar-refractivity contribution in [1.82, 2.24) is 14.9 Å². The largest absolute Gasteiger partial charge is 0.373 e. The summed E-state index contributed by atoms with van der Waals surface area (Å²) in [5.41, 5.74) is 0.562. The van der Waals surface area contributed by atoms with Crippen LogP contribution in [-0.2, 0) is 11.3 Å². The first kappa shape index (κ1) is 16.3. The molecule has 1 N–H and O–H groups in total. The van der Waals surface area contributed by atoms with Crippen LogP contribution in [0.3, 0.4) is 0 Å². The number of nitrogens with one attached hydrogen (secondary N) is 1. The van der Waals surface area contributed by atoms with Gasteiger partial charge in [0.25, 0.3) is 5.56 Å². The third kappa shape index (κ3) is 3.22. The smallest absolute Gasteiger partial charge is 0.259 e. The number of morpholine rings is 1. The zero-order valence-electron chi connectivity index (χ0n) is 13.8. The molecule has 0 radical (unpaired) electrons. The molecule has 0 saturated carbocycles. The van der Waals surface area contributed by atoms with E-state index in [9.17, 15) is 9.59 Å². The number of Topliss-reactive ketones (excluding diaryl/α,β-unsaturated/α-hetero) is 1. The number of nitrogens with zero attached hydrogens (tertiary/aromatic N) is 2. The second-order valence-electron chi connectivity index (χ2n) is 6.26. The Bertz CT molecular complexity index is 801. The highest BCUT2D eigenvalue weighted by Crippen LogP contribution is 2.27. The van der Waals surface area contributed by atoms with Gasteiger partial charge in [0.1, 0.15) is 10.7 Å². The van der Waals surface area contributed by atoms with Crippen molar-refractivity contribution in [2.24, 2.45) is 0 Å². The van der Waals surface area contributed by atoms with Gasteiger partial charge in [-0.15, -0.1) is 11.3 Å². The minimum absolute atomic E-state index is 0.0257. The molecule has 3 rings (SSSR count). The highest BCUT2D eigenvalue weighted by atomic mass is 32.1. The number of ether oxygens (including phenoxy) is 1. The molecule has 1 aliphatic rings. The van der Waals surface area contributed by atoms with E-state index in [0.29, 0.717) is 27.5 Å². The highest BCUT2D eigenvalue weighted by Gasteiger charge is 2.23. The molecule has 2 atom stereocenters. The van der Waals surface area contributed by atoms with Gasteiger partial charge in [-0.3, -0.25) is 14.5 Å². The van der Waals surface area contributed by atoms with Gasteiger partial charge in [0, 0.05) is 13.1 Å². The Labute approximate surface area is 138 Å². The van der Waals surface area contributed by atoms with Gasteiger partial charge in [-0.05, 0) is 33.3 Å². The van der Waals surface area contributed by atoms with Gasteiger partial charge in [-0.2, -0.15) is 0 Å². The van der Waals surface area contributed by atoms with Gasteiger partial charge in [-0.25, -0.2) is 4.98 Å². The summed E-state index contributed by atoms with van der Waals surface area (Å²) in [6, 6.07) is 0. The predicted octanol–water partition coefficient (Wildman–Crippen LogP) is 2.10. The zero-order valence-corrected chi connectivity index (χ0v) is 14.6. The topological polar surface area (TPSA) is 75.3 Å². The lowest BCUT2D eigenvalue weighted by Crippen LogP contribution is -2.45. The summed E-state index contributed by atoms with van der Waals surface area (Å²) in [5, 5.41) is 0.535. The summed E-state index contributed by atoms with van der Waals surface area (Å²) in [6.45, 7) is 9.62. The van der Waals surface area contributed by atoms with Crippen molar-refractivity contribution in [1.29, 1.82) is 0 Å². The molecular weight excluding hydrogens is 314 g/mol. The van der Waals surface area contributed by atoms with Crippen LogP contribution >= 0.6 is 11.3 Å². The van der Waals surface area contributed by atoms with Gasteiger partial charge < -0.3 is 9.72 Å². The number of aromatic amines is 1. The van der Waals surface area contributed by atoms with Crippen molar-refractivity contribution in [3.05, 3.63) is 26.6 Å². The number of carbonyl (C=O) groups excluding carboxylic acids is 1. The van der Waals surface area contributed by atoms with E-state index in [1.165, 1.54) is 18.3 Å². The monoisotopic (exact) mass is 335 g/mol. The van der Waals surface area contributed by atoms with E-state index in [0.717, 1.165) is 18.7 Å². The molecule has 23 heavy (non-hydrogen) atoms. The van der Waals surface area contributed by atoms with Crippen LogP contribution in [0, 0.1) is 6.92 Å². The number of hydrogen-bond acceptors (Lipinski definition) is 6. The van der Waals surface area contributed by atoms with Crippen LogP contribution < -0.4 is 5.56 Å². The number of aromatic nitrogens is 2. The Balaban J connectivity index is 1.94. The average molecular weight is 335 g/mol. The van der Waals surface area contributed by atoms with Crippen LogP contribution in [0.5, 0.6) is 0 Å². The highest BCUT2D eigenvalue weighted by molar-refractivity contribution is 7.20. The van der Waals surface area contributed by atoms with Crippen LogP contribution in [0.15, 0.2) is 4.79 Å². The van der Waals surface area contributed by atoms with Crippen LogP contribution in [0.1, 0.15) is 41.8 Å². The molecule has 0 amide bonds. The average Bonchev–Trinajstić information content (AvgIpc) is 2.75. The number of ketones is 1. The van der Waals surface area contributed by atoms with Gasteiger partial charge in [-0.1, -0.05) is 0 Å². The van der Waals surface area contributed by atoms with Crippen molar-refractivity contribution in [3.8, 4) is 0 Å². The molecule has 6 nitrogen and oxygen atoms in total. The van der Waals surface area contributed by atoms with E-state index in [2.05, 4.69) is 14.9 Å². The molecule has 2 unspecified atom stereocenters. The number of H-pyrrole nitrogens is 1. The summed E-state index contributed by atoms with van der Waals surface area (Å²) in [4.78, 5) is 35.0. The molecule has 0 aliphatic carbocycles. The first-order valence-corrected chi connectivity index (χ1v) is 8.58. The maximum Gasteiger partial charge on any atom is 0.259 e. The molecule has 0 aromatic carbocycles. The van der Waals surface area contributed by atoms with Gasteiger partial charge in [0.15, 0.2) is 5.78 Å². The van der Waals surface area contributed by atoms with Gasteiger partial charge in [0.05, 0.1) is 29.0 Å². The van der Waals surface area contributed by atoms with E-state index in [-0.39, 0.29) is 23.6 Å². The molecule has 3 heterocycles. The fourth-order valence-corrected chi connectivity index (χ4v) is 4.32. The molecule has 2 aromatic heterocycles. The molecule has 1 aliphatic heterocycles. The fourth-order valence-electron chi connectivity index (χ4n) is 3.22. The standard InChI is InChI=1S/C16H21N3O3S/c1-8-5-19(6-9(2)22-8)7-12-17-15(21)13-10(3)14(11(4)20)23-16(13)18-12/h8-9H,5-7H2,1-4H3,(H,17,18,21). The lowest BCUT2D eigenvalue weighted by molar-refractivity contribution is -0.0710. The van der Waals surface area contributed by atoms with Crippen LogP contribution in [0.25, 0.3) is 10.2 Å². The van der Waals surface area contributed by atoms with Crippen molar-refractivity contribution in [3.63, 3.8) is 0 Å². The van der Waals surface area contributed by atoms with Gasteiger partial charge in [0.2, 0.25) is 0 Å². The van der Waals surface area contributed by atoms with Crippen molar-refractivity contribution < 1.29 is 9.53 Å². The first-order chi connectivity index (χ1) is 10.8. The Morgan fingerprint density at radius 2 is 2.04 bits per heavy atom. The van der Waals surface area contributed by atoms with E-state index in [1.54, 1.807) is 6.92 Å². The fraction of sp³-hybridized carbons (Fsp3) is 0.562. The maximum atomic E-state index is 12.4. The minimum atomic E-state index is -0.166. The number of hydrogen-bond donors (Lipinski definition) is 1. The molecule has 0 spiro atoms. The minimum Gasteiger partial charge on any atom is -0.373 e. The summed E-state index contributed by atoms with van der Waals surface area (Å²) >= 11 is 1.30. The first-order valence-electron chi connectivity index (χ1n) is 7.76. The molecular formula is C16H21N3O3S. The molecule has 1 fully saturated rings. The van der Waals surface area contributed by atoms with E-state index in [4.69, 9.17) is 4.74 Å². The molecule has 0 bridgehead atoms. The Kier molecular flexibility index (Phi) is 4.35. The molecule has 124 valence electrons. The number of aryl methyl sites for hydroxylation is 1. The Hall–Kier alpha value is -1.57. The number of rotatable bonds is 3. The molecule has 2 aromatic rings. The van der Waals surface area contributed by atoms with E-state index < -0.39 is 0 Å². The second-order valence-corrected chi connectivity index (χ2v) is 7.26. The Morgan fingerprint density at radius 3 is 2.65 bits per heavy atom. The van der Waals surface area contributed by atoms with Crippen molar-refractivity contribution in [2.75, 3.05) is 13.1 Å². The third-order valence-electron chi connectivity index (χ3n) is 4.04. The summed E-state index contributed by atoms with van der Waals surface area (Å²) in [6.07, 6.45) is 0.338. The van der Waals surface area contributed by atoms with Gasteiger partial charge >= 0.3 is 0 Å². The second kappa shape index (κ2) is 6.14.